The first-order chi connectivity index (χ1) is 10.3. The SMILES string of the molecule is CC1CCCN(C(=O)c2ccc(S(N)(=O)=O)c(F)c2)C1CN.Cl. The highest BCUT2D eigenvalue weighted by molar-refractivity contribution is 7.89. The quantitative estimate of drug-likeness (QED) is 0.836. The molecule has 2 unspecified atom stereocenters. The van der Waals surface area contributed by atoms with Gasteiger partial charge in [-0.05, 0) is 37.0 Å². The van der Waals surface area contributed by atoms with Gasteiger partial charge in [0.25, 0.3) is 5.91 Å². The number of amides is 1. The molecule has 1 aromatic rings. The maximum absolute atomic E-state index is 13.9. The van der Waals surface area contributed by atoms with Gasteiger partial charge in [-0.25, -0.2) is 17.9 Å². The normalized spacial score (nSPS) is 21.7. The van der Waals surface area contributed by atoms with Crippen molar-refractivity contribution in [3.05, 3.63) is 29.6 Å². The summed E-state index contributed by atoms with van der Waals surface area (Å²) >= 11 is 0. The predicted octanol–water partition coefficient (Wildman–Crippen LogP) is 1.09. The Morgan fingerprint density at radius 2 is 2.09 bits per heavy atom. The molecule has 4 N–H and O–H groups in total. The molecule has 0 spiro atoms. The highest BCUT2D eigenvalue weighted by Crippen LogP contribution is 2.25. The molecular weight excluding hydrogens is 345 g/mol. The number of carbonyl (C=O) groups excluding carboxylic acids is 1. The average molecular weight is 366 g/mol. The fourth-order valence-electron chi connectivity index (χ4n) is 2.89. The van der Waals surface area contributed by atoms with Crippen LogP contribution in [0, 0.1) is 11.7 Å². The summed E-state index contributed by atoms with van der Waals surface area (Å²) in [5.74, 6) is -1.10. The van der Waals surface area contributed by atoms with Crippen LogP contribution in [0.3, 0.4) is 0 Å². The number of primary sulfonamides is 1. The van der Waals surface area contributed by atoms with Gasteiger partial charge in [-0.2, -0.15) is 0 Å². The topological polar surface area (TPSA) is 106 Å². The van der Waals surface area contributed by atoms with E-state index in [0.717, 1.165) is 25.0 Å². The zero-order chi connectivity index (χ0) is 16.5. The van der Waals surface area contributed by atoms with Crippen LogP contribution >= 0.6 is 12.4 Å². The summed E-state index contributed by atoms with van der Waals surface area (Å²) in [4.78, 5) is 13.6. The van der Waals surface area contributed by atoms with Gasteiger partial charge in [-0.1, -0.05) is 6.92 Å². The van der Waals surface area contributed by atoms with Gasteiger partial charge < -0.3 is 10.6 Å². The Morgan fingerprint density at radius 1 is 1.43 bits per heavy atom. The van der Waals surface area contributed by atoms with Gasteiger partial charge in [0.1, 0.15) is 10.7 Å². The summed E-state index contributed by atoms with van der Waals surface area (Å²) in [5, 5.41) is 4.91. The predicted molar refractivity (Wildman–Crippen MR) is 87.3 cm³/mol. The van der Waals surface area contributed by atoms with Crippen molar-refractivity contribution in [3.8, 4) is 0 Å². The van der Waals surface area contributed by atoms with Gasteiger partial charge in [-0.15, -0.1) is 12.4 Å². The second-order valence-corrected chi connectivity index (χ2v) is 7.14. The third-order valence-corrected chi connectivity index (χ3v) is 5.05. The van der Waals surface area contributed by atoms with E-state index in [1.807, 2.05) is 6.92 Å². The zero-order valence-electron chi connectivity index (χ0n) is 12.7. The first kappa shape index (κ1) is 19.8. The number of nitrogens with zero attached hydrogens (tertiary/aromatic N) is 1. The largest absolute Gasteiger partial charge is 0.334 e. The number of halogens is 2. The molecule has 130 valence electrons. The molecule has 1 saturated heterocycles. The molecule has 1 aliphatic heterocycles. The Bertz CT molecular complexity index is 684. The van der Waals surface area contributed by atoms with Gasteiger partial charge in [0.15, 0.2) is 0 Å². The van der Waals surface area contributed by atoms with Crippen molar-refractivity contribution in [2.24, 2.45) is 16.8 Å². The number of rotatable bonds is 3. The number of sulfonamides is 1. The Labute approximate surface area is 141 Å². The van der Waals surface area contributed by atoms with E-state index in [9.17, 15) is 17.6 Å². The van der Waals surface area contributed by atoms with E-state index in [1.165, 1.54) is 6.07 Å². The van der Waals surface area contributed by atoms with Crippen LogP contribution in [-0.2, 0) is 10.0 Å². The van der Waals surface area contributed by atoms with Gasteiger partial charge in [0.05, 0.1) is 0 Å². The molecule has 23 heavy (non-hydrogen) atoms. The maximum atomic E-state index is 13.9. The molecule has 0 aromatic heterocycles. The molecule has 1 heterocycles. The molecule has 0 aliphatic carbocycles. The molecule has 2 atom stereocenters. The van der Waals surface area contributed by atoms with Crippen molar-refractivity contribution < 1.29 is 17.6 Å². The van der Waals surface area contributed by atoms with Gasteiger partial charge in [0, 0.05) is 24.7 Å². The Kier molecular flexibility index (Phi) is 6.52. The van der Waals surface area contributed by atoms with Crippen molar-refractivity contribution in [2.45, 2.75) is 30.7 Å². The minimum Gasteiger partial charge on any atom is -0.334 e. The monoisotopic (exact) mass is 365 g/mol. The fraction of sp³-hybridized carbons (Fsp3) is 0.500. The third-order valence-electron chi connectivity index (χ3n) is 4.10. The van der Waals surface area contributed by atoms with E-state index in [-0.39, 0.29) is 35.8 Å². The van der Waals surface area contributed by atoms with Gasteiger partial charge in [-0.3, -0.25) is 4.79 Å². The molecule has 6 nitrogen and oxygen atoms in total. The number of benzene rings is 1. The third kappa shape index (κ3) is 4.20. The van der Waals surface area contributed by atoms with Crippen LogP contribution in [0.1, 0.15) is 30.1 Å². The summed E-state index contributed by atoms with van der Waals surface area (Å²) in [7, 11) is -4.14. The van der Waals surface area contributed by atoms with Crippen LogP contribution in [0.25, 0.3) is 0 Å². The van der Waals surface area contributed by atoms with Crippen LogP contribution in [0.15, 0.2) is 23.1 Å². The lowest BCUT2D eigenvalue weighted by Crippen LogP contribution is -2.51. The molecule has 1 aromatic carbocycles. The van der Waals surface area contributed by atoms with Crippen molar-refractivity contribution in [2.75, 3.05) is 13.1 Å². The molecule has 9 heteroatoms. The van der Waals surface area contributed by atoms with Crippen molar-refractivity contribution in [1.82, 2.24) is 4.90 Å². The van der Waals surface area contributed by atoms with E-state index in [1.54, 1.807) is 4.90 Å². The van der Waals surface area contributed by atoms with Crippen LogP contribution in [-0.4, -0.2) is 38.4 Å². The second-order valence-electron chi connectivity index (χ2n) is 5.61. The van der Waals surface area contributed by atoms with E-state index in [2.05, 4.69) is 0 Å². The lowest BCUT2D eigenvalue weighted by atomic mass is 9.90. The summed E-state index contributed by atoms with van der Waals surface area (Å²) in [6.45, 7) is 2.93. The first-order valence-corrected chi connectivity index (χ1v) is 8.63. The van der Waals surface area contributed by atoms with Gasteiger partial charge in [0.2, 0.25) is 10.0 Å². The molecule has 1 amide bonds. The van der Waals surface area contributed by atoms with E-state index < -0.39 is 20.7 Å². The number of carbonyl (C=O) groups is 1. The number of hydrogen-bond acceptors (Lipinski definition) is 4. The van der Waals surface area contributed by atoms with Crippen molar-refractivity contribution >= 4 is 28.3 Å². The summed E-state index contributed by atoms with van der Waals surface area (Å²) < 4.78 is 36.3. The Balaban J connectivity index is 0.00000264. The maximum Gasteiger partial charge on any atom is 0.254 e. The van der Waals surface area contributed by atoms with E-state index in [4.69, 9.17) is 10.9 Å². The highest BCUT2D eigenvalue weighted by atomic mass is 35.5. The molecule has 2 rings (SSSR count). The minimum absolute atomic E-state index is 0. The molecule has 0 bridgehead atoms. The molecule has 0 saturated carbocycles. The van der Waals surface area contributed by atoms with E-state index in [0.29, 0.717) is 13.1 Å². The second kappa shape index (κ2) is 7.57. The van der Waals surface area contributed by atoms with Crippen LogP contribution in [0.2, 0.25) is 0 Å². The van der Waals surface area contributed by atoms with Crippen molar-refractivity contribution in [3.63, 3.8) is 0 Å². The summed E-state index contributed by atoms with van der Waals surface area (Å²) in [5.41, 5.74) is 5.84. The highest BCUT2D eigenvalue weighted by Gasteiger charge is 2.31. The Morgan fingerprint density at radius 3 is 2.61 bits per heavy atom. The van der Waals surface area contributed by atoms with Crippen LogP contribution < -0.4 is 10.9 Å². The first-order valence-electron chi connectivity index (χ1n) is 7.09. The number of nitrogens with two attached hydrogens (primary N) is 2. The van der Waals surface area contributed by atoms with E-state index >= 15 is 0 Å². The fourth-order valence-corrected chi connectivity index (χ4v) is 3.48. The molecule has 1 aliphatic rings. The summed E-state index contributed by atoms with van der Waals surface area (Å²) in [6, 6.07) is 3.11. The summed E-state index contributed by atoms with van der Waals surface area (Å²) in [6.07, 6.45) is 1.85. The average Bonchev–Trinajstić information content (AvgIpc) is 2.44. The number of hydrogen-bond donors (Lipinski definition) is 2. The smallest absolute Gasteiger partial charge is 0.254 e. The van der Waals surface area contributed by atoms with Crippen molar-refractivity contribution in [1.29, 1.82) is 0 Å². The van der Waals surface area contributed by atoms with Crippen LogP contribution in [0.4, 0.5) is 4.39 Å². The lowest BCUT2D eigenvalue weighted by molar-refractivity contribution is 0.0532. The zero-order valence-corrected chi connectivity index (χ0v) is 14.4. The number of piperidine rings is 1. The minimum atomic E-state index is -4.14. The molecule has 0 radical (unpaired) electrons. The molecular formula is C14H21ClFN3O3S. The Hall–Kier alpha value is -1.22. The number of likely N-dealkylation sites (tertiary alicyclic amines) is 1. The molecule has 1 fully saturated rings. The van der Waals surface area contributed by atoms with Crippen LogP contribution in [0.5, 0.6) is 0 Å². The lowest BCUT2D eigenvalue weighted by Gasteiger charge is -2.39. The standard InChI is InChI=1S/C14H20FN3O3S.ClH/c1-9-3-2-6-18(12(9)8-16)14(19)10-4-5-13(11(15)7-10)22(17,20)21;/h4-5,7,9,12H,2-3,6,8,16H2,1H3,(H2,17,20,21);1H. The van der Waals surface area contributed by atoms with Gasteiger partial charge >= 0.3 is 0 Å².